The summed E-state index contributed by atoms with van der Waals surface area (Å²) in [5.74, 6) is 1.76. The minimum atomic E-state index is 0. The quantitative estimate of drug-likeness (QED) is 0.910. The van der Waals surface area contributed by atoms with Crippen LogP contribution in [0.4, 0.5) is 0 Å². The molecule has 0 aromatic carbocycles. The molecule has 0 spiro atoms. The Labute approximate surface area is 131 Å². The third kappa shape index (κ3) is 3.87. The number of imidazole rings is 1. The average molecular weight is 321 g/mol. The van der Waals surface area contributed by atoms with Crippen LogP contribution < -0.4 is 5.32 Å². The first-order valence-electron chi connectivity index (χ1n) is 6.77. The Hall–Kier alpha value is -0.780. The molecule has 7 heteroatoms. The maximum Gasteiger partial charge on any atom is 0.224 e. The molecule has 1 aromatic heterocycles. The third-order valence-electron chi connectivity index (χ3n) is 4.20. The normalized spacial score (nSPS) is 24.5. The number of aryl methyl sites for hydroxylation is 1. The molecule has 114 valence electrons. The van der Waals surface area contributed by atoms with E-state index in [4.69, 9.17) is 0 Å². The van der Waals surface area contributed by atoms with Crippen LogP contribution in [0.25, 0.3) is 0 Å². The molecule has 5 nitrogen and oxygen atoms in total. The van der Waals surface area contributed by atoms with E-state index < -0.39 is 0 Å². The van der Waals surface area contributed by atoms with Gasteiger partial charge in [0.15, 0.2) is 0 Å². The van der Waals surface area contributed by atoms with Crippen molar-refractivity contribution < 1.29 is 4.79 Å². The predicted molar refractivity (Wildman–Crippen MR) is 82.4 cm³/mol. The van der Waals surface area contributed by atoms with Crippen molar-refractivity contribution in [2.24, 2.45) is 11.8 Å². The van der Waals surface area contributed by atoms with Crippen LogP contribution in [0.1, 0.15) is 12.8 Å². The molecule has 0 bridgehead atoms. The van der Waals surface area contributed by atoms with Crippen LogP contribution in [0.15, 0.2) is 18.7 Å². The number of piperidine rings is 1. The number of carbonyl (C=O) groups excluding carboxylic acids is 1. The number of amides is 1. The maximum absolute atomic E-state index is 12.2. The van der Waals surface area contributed by atoms with Crippen LogP contribution >= 0.6 is 24.8 Å². The zero-order valence-electron chi connectivity index (χ0n) is 11.4. The van der Waals surface area contributed by atoms with E-state index in [2.05, 4.69) is 10.3 Å². The Kier molecular flexibility index (Phi) is 6.79. The SMILES string of the molecule is Cl.Cl.O=C(CCn1ccnc1)N1CCC2CNCC2C1. The van der Waals surface area contributed by atoms with Crippen LogP contribution in [0, 0.1) is 11.8 Å². The van der Waals surface area contributed by atoms with Crippen molar-refractivity contribution in [1.29, 1.82) is 0 Å². The summed E-state index contributed by atoms with van der Waals surface area (Å²) in [6, 6.07) is 0. The van der Waals surface area contributed by atoms with Gasteiger partial charge in [0, 0.05) is 38.4 Å². The number of nitrogens with zero attached hydrogens (tertiary/aromatic N) is 3. The topological polar surface area (TPSA) is 50.2 Å². The Morgan fingerprint density at radius 3 is 2.85 bits per heavy atom. The van der Waals surface area contributed by atoms with E-state index in [0.29, 0.717) is 12.3 Å². The molecule has 2 atom stereocenters. The van der Waals surface area contributed by atoms with Gasteiger partial charge in [-0.25, -0.2) is 4.98 Å². The monoisotopic (exact) mass is 320 g/mol. The Balaban J connectivity index is 0.000001000. The van der Waals surface area contributed by atoms with Gasteiger partial charge in [-0.2, -0.15) is 0 Å². The average Bonchev–Trinajstić information content (AvgIpc) is 3.05. The molecule has 2 saturated heterocycles. The molecule has 20 heavy (non-hydrogen) atoms. The lowest BCUT2D eigenvalue weighted by atomic mass is 9.88. The molecule has 0 saturated carbocycles. The van der Waals surface area contributed by atoms with Crippen LogP contribution in [0.2, 0.25) is 0 Å². The Bertz CT molecular complexity index is 413. The van der Waals surface area contributed by atoms with Crippen molar-refractivity contribution in [3.05, 3.63) is 18.7 Å². The standard InChI is InChI=1S/C13H20N4O.2ClH/c18-13(2-4-16-6-3-14-10-16)17-5-1-11-7-15-8-12(11)9-17;;/h3,6,10-12,15H,1-2,4-5,7-9H2;2*1H. The van der Waals surface area contributed by atoms with E-state index in [1.165, 1.54) is 0 Å². The van der Waals surface area contributed by atoms with Gasteiger partial charge in [0.05, 0.1) is 6.33 Å². The van der Waals surface area contributed by atoms with Crippen LogP contribution in [0.5, 0.6) is 0 Å². The summed E-state index contributed by atoms with van der Waals surface area (Å²) >= 11 is 0. The van der Waals surface area contributed by atoms with E-state index in [1.807, 2.05) is 15.7 Å². The highest BCUT2D eigenvalue weighted by Crippen LogP contribution is 2.26. The predicted octanol–water partition coefficient (Wildman–Crippen LogP) is 1.18. The van der Waals surface area contributed by atoms with Crippen molar-refractivity contribution in [3.8, 4) is 0 Å². The largest absolute Gasteiger partial charge is 0.342 e. The lowest BCUT2D eigenvalue weighted by Crippen LogP contribution is -2.43. The first-order chi connectivity index (χ1) is 8.83. The molecule has 0 aliphatic carbocycles. The molecule has 2 aliphatic heterocycles. The summed E-state index contributed by atoms with van der Waals surface area (Å²) < 4.78 is 1.96. The molecule has 2 fully saturated rings. The fourth-order valence-electron chi connectivity index (χ4n) is 3.06. The van der Waals surface area contributed by atoms with E-state index in [-0.39, 0.29) is 30.7 Å². The maximum atomic E-state index is 12.2. The number of fused-ring (bicyclic) bond motifs is 1. The van der Waals surface area contributed by atoms with Gasteiger partial charge in [-0.15, -0.1) is 24.8 Å². The van der Waals surface area contributed by atoms with Gasteiger partial charge in [0.25, 0.3) is 0 Å². The summed E-state index contributed by atoms with van der Waals surface area (Å²) in [6.07, 6.45) is 7.16. The fraction of sp³-hybridized carbons (Fsp3) is 0.692. The second-order valence-corrected chi connectivity index (χ2v) is 5.36. The highest BCUT2D eigenvalue weighted by Gasteiger charge is 2.34. The molecule has 3 rings (SSSR count). The van der Waals surface area contributed by atoms with Crippen molar-refractivity contribution in [2.75, 3.05) is 26.2 Å². The van der Waals surface area contributed by atoms with Gasteiger partial charge < -0.3 is 14.8 Å². The number of halogens is 2. The van der Waals surface area contributed by atoms with Gasteiger partial charge in [0.1, 0.15) is 0 Å². The number of carbonyl (C=O) groups is 1. The fourth-order valence-corrected chi connectivity index (χ4v) is 3.06. The summed E-state index contributed by atoms with van der Waals surface area (Å²) in [6.45, 7) is 4.84. The van der Waals surface area contributed by atoms with Gasteiger partial charge in [-0.3, -0.25) is 4.79 Å². The summed E-state index contributed by atoms with van der Waals surface area (Å²) in [5, 5.41) is 3.43. The number of aromatic nitrogens is 2. The zero-order valence-corrected chi connectivity index (χ0v) is 13.0. The van der Waals surface area contributed by atoms with E-state index >= 15 is 0 Å². The van der Waals surface area contributed by atoms with Gasteiger partial charge in [-0.05, 0) is 31.3 Å². The first kappa shape index (κ1) is 17.3. The van der Waals surface area contributed by atoms with Gasteiger partial charge in [-0.1, -0.05) is 0 Å². The first-order valence-corrected chi connectivity index (χ1v) is 6.77. The third-order valence-corrected chi connectivity index (χ3v) is 4.20. The van der Waals surface area contributed by atoms with Gasteiger partial charge in [0.2, 0.25) is 5.91 Å². The van der Waals surface area contributed by atoms with Gasteiger partial charge >= 0.3 is 0 Å². The molecule has 2 aliphatic rings. The molecular formula is C13H22Cl2N4O. The summed E-state index contributed by atoms with van der Waals surface area (Å²) in [4.78, 5) is 18.2. The number of hydrogen-bond donors (Lipinski definition) is 1. The number of likely N-dealkylation sites (tertiary alicyclic amines) is 1. The van der Waals surface area contributed by atoms with Crippen molar-refractivity contribution in [3.63, 3.8) is 0 Å². The zero-order chi connectivity index (χ0) is 12.4. The van der Waals surface area contributed by atoms with Crippen molar-refractivity contribution in [2.45, 2.75) is 19.4 Å². The molecule has 0 radical (unpaired) electrons. The minimum Gasteiger partial charge on any atom is -0.342 e. The van der Waals surface area contributed by atoms with Crippen molar-refractivity contribution in [1.82, 2.24) is 19.8 Å². The van der Waals surface area contributed by atoms with E-state index in [9.17, 15) is 4.79 Å². The van der Waals surface area contributed by atoms with Crippen LogP contribution in [0.3, 0.4) is 0 Å². The second-order valence-electron chi connectivity index (χ2n) is 5.36. The van der Waals surface area contributed by atoms with E-state index in [0.717, 1.165) is 45.1 Å². The number of nitrogens with one attached hydrogen (secondary N) is 1. The lowest BCUT2D eigenvalue weighted by molar-refractivity contribution is -0.133. The summed E-state index contributed by atoms with van der Waals surface area (Å²) in [7, 11) is 0. The van der Waals surface area contributed by atoms with Crippen LogP contribution in [-0.2, 0) is 11.3 Å². The summed E-state index contributed by atoms with van der Waals surface area (Å²) in [5.41, 5.74) is 0. The molecule has 3 heterocycles. The van der Waals surface area contributed by atoms with E-state index in [1.54, 1.807) is 12.5 Å². The lowest BCUT2D eigenvalue weighted by Gasteiger charge is -2.34. The minimum absolute atomic E-state index is 0. The number of hydrogen-bond acceptors (Lipinski definition) is 3. The highest BCUT2D eigenvalue weighted by atomic mass is 35.5. The molecule has 1 amide bonds. The molecule has 1 aromatic rings. The Morgan fingerprint density at radius 1 is 1.30 bits per heavy atom. The smallest absolute Gasteiger partial charge is 0.224 e. The second kappa shape index (κ2) is 7.86. The molecular weight excluding hydrogens is 299 g/mol. The van der Waals surface area contributed by atoms with Crippen LogP contribution in [-0.4, -0.2) is 46.5 Å². The number of rotatable bonds is 3. The molecule has 1 N–H and O–H groups in total. The van der Waals surface area contributed by atoms with Crippen molar-refractivity contribution >= 4 is 30.7 Å². The Morgan fingerprint density at radius 2 is 2.10 bits per heavy atom. The molecule has 2 unspecified atom stereocenters. The highest BCUT2D eigenvalue weighted by molar-refractivity contribution is 5.85.